The van der Waals surface area contributed by atoms with Gasteiger partial charge in [0.1, 0.15) is 12.4 Å². The molecule has 3 aromatic rings. The highest BCUT2D eigenvalue weighted by molar-refractivity contribution is 6.31. The Labute approximate surface area is 153 Å². The molecular formula is C18H14ClFN4O2. The quantitative estimate of drug-likeness (QED) is 0.763. The number of halogens is 2. The van der Waals surface area contributed by atoms with Crippen LogP contribution in [0.4, 0.5) is 10.1 Å². The average molecular weight is 373 g/mol. The normalized spacial score (nSPS) is 10.6. The lowest BCUT2D eigenvalue weighted by molar-refractivity contribution is -0.117. The van der Waals surface area contributed by atoms with Crippen molar-refractivity contribution in [1.82, 2.24) is 14.8 Å². The Morgan fingerprint density at radius 2 is 1.96 bits per heavy atom. The molecule has 0 fully saturated rings. The van der Waals surface area contributed by atoms with Gasteiger partial charge in [-0.05, 0) is 25.1 Å². The zero-order chi connectivity index (χ0) is 18.7. The number of anilines is 1. The van der Waals surface area contributed by atoms with Crippen LogP contribution in [-0.4, -0.2) is 20.7 Å². The highest BCUT2D eigenvalue weighted by Gasteiger charge is 2.10. The van der Waals surface area contributed by atoms with Gasteiger partial charge in [0.05, 0.1) is 16.9 Å². The minimum atomic E-state index is -0.643. The van der Waals surface area contributed by atoms with Crippen LogP contribution in [0, 0.1) is 12.7 Å². The number of nitrogens with one attached hydrogen (secondary N) is 1. The van der Waals surface area contributed by atoms with Crippen LogP contribution in [-0.2, 0) is 11.3 Å². The number of carbonyl (C=O) groups excluding carboxylic acids is 1. The zero-order valence-corrected chi connectivity index (χ0v) is 14.5. The van der Waals surface area contributed by atoms with Gasteiger partial charge in [0.15, 0.2) is 0 Å². The van der Waals surface area contributed by atoms with Crippen LogP contribution < -0.4 is 11.0 Å². The Morgan fingerprint density at radius 1 is 1.23 bits per heavy atom. The summed E-state index contributed by atoms with van der Waals surface area (Å²) in [6, 6.07) is 11.3. The maximum Gasteiger partial charge on any atom is 0.365 e. The second-order valence-corrected chi connectivity index (χ2v) is 6.03. The molecule has 0 bridgehead atoms. The van der Waals surface area contributed by atoms with Crippen LogP contribution in [0.25, 0.3) is 11.3 Å². The topological polar surface area (TPSA) is 76.9 Å². The fourth-order valence-electron chi connectivity index (χ4n) is 2.25. The summed E-state index contributed by atoms with van der Waals surface area (Å²) in [6.07, 6.45) is 1.42. The molecular weight excluding hydrogens is 359 g/mol. The van der Waals surface area contributed by atoms with Gasteiger partial charge in [-0.25, -0.2) is 13.9 Å². The zero-order valence-electron chi connectivity index (χ0n) is 13.7. The first-order chi connectivity index (χ1) is 12.4. The number of hydrogen-bond donors (Lipinski definition) is 1. The number of amides is 1. The lowest BCUT2D eigenvalue weighted by atomic mass is 10.1. The van der Waals surface area contributed by atoms with Gasteiger partial charge in [-0.2, -0.15) is 10.1 Å². The van der Waals surface area contributed by atoms with E-state index < -0.39 is 17.4 Å². The van der Waals surface area contributed by atoms with Crippen LogP contribution in [0.1, 0.15) is 5.56 Å². The number of aromatic nitrogens is 3. The third-order valence-electron chi connectivity index (χ3n) is 3.60. The number of aryl methyl sites for hydroxylation is 1. The molecule has 0 radical (unpaired) electrons. The van der Waals surface area contributed by atoms with Gasteiger partial charge >= 0.3 is 5.69 Å². The molecule has 3 rings (SSSR count). The largest absolute Gasteiger partial charge is 0.365 e. The highest BCUT2D eigenvalue weighted by Crippen LogP contribution is 2.19. The fourth-order valence-corrected chi connectivity index (χ4v) is 2.43. The molecule has 132 valence electrons. The first-order valence-electron chi connectivity index (χ1n) is 7.68. The van der Waals surface area contributed by atoms with Gasteiger partial charge < -0.3 is 5.32 Å². The van der Waals surface area contributed by atoms with Crippen molar-refractivity contribution >= 4 is 23.2 Å². The first-order valence-corrected chi connectivity index (χ1v) is 8.06. The third kappa shape index (κ3) is 4.12. The Bertz CT molecular complexity index is 1020. The van der Waals surface area contributed by atoms with Crippen LogP contribution >= 0.6 is 11.6 Å². The summed E-state index contributed by atoms with van der Waals surface area (Å²) in [7, 11) is 0. The van der Waals surface area contributed by atoms with Crippen molar-refractivity contribution in [3.05, 3.63) is 75.5 Å². The highest BCUT2D eigenvalue weighted by atomic mass is 35.5. The predicted octanol–water partition coefficient (Wildman–Crippen LogP) is 3.04. The van der Waals surface area contributed by atoms with Crippen molar-refractivity contribution in [3.63, 3.8) is 0 Å². The van der Waals surface area contributed by atoms with Gasteiger partial charge in [-0.15, -0.1) is 0 Å². The summed E-state index contributed by atoms with van der Waals surface area (Å²) in [5.74, 6) is -1.09. The average Bonchev–Trinajstić information content (AvgIpc) is 2.60. The van der Waals surface area contributed by atoms with Crippen LogP contribution in [0.5, 0.6) is 0 Å². The van der Waals surface area contributed by atoms with Gasteiger partial charge in [0, 0.05) is 11.3 Å². The lowest BCUT2D eigenvalue weighted by Crippen LogP contribution is -2.31. The SMILES string of the molecule is Cc1ccc(-c2cnn(CC(=O)Nc3ccc(F)c(Cl)c3)c(=O)n2)cc1. The van der Waals surface area contributed by atoms with Crippen LogP contribution in [0.3, 0.4) is 0 Å². The van der Waals surface area contributed by atoms with E-state index in [1.54, 1.807) is 0 Å². The molecule has 1 N–H and O–H groups in total. The molecule has 0 atom stereocenters. The third-order valence-corrected chi connectivity index (χ3v) is 3.89. The van der Waals surface area contributed by atoms with E-state index >= 15 is 0 Å². The Kier molecular flexibility index (Phi) is 5.09. The minimum absolute atomic E-state index is 0.109. The van der Waals surface area contributed by atoms with E-state index in [1.807, 2.05) is 31.2 Å². The van der Waals surface area contributed by atoms with Gasteiger partial charge in [-0.3, -0.25) is 4.79 Å². The fraction of sp³-hybridized carbons (Fsp3) is 0.111. The van der Waals surface area contributed by atoms with Gasteiger partial charge in [0.2, 0.25) is 5.91 Å². The number of carbonyl (C=O) groups is 1. The van der Waals surface area contributed by atoms with E-state index in [9.17, 15) is 14.0 Å². The molecule has 1 aromatic heterocycles. The molecule has 0 unspecified atom stereocenters. The molecule has 0 aliphatic rings. The monoisotopic (exact) mass is 372 g/mol. The number of benzene rings is 2. The van der Waals surface area contributed by atoms with Crippen molar-refractivity contribution in [2.24, 2.45) is 0 Å². The molecule has 1 heterocycles. The number of hydrogen-bond acceptors (Lipinski definition) is 4. The molecule has 8 heteroatoms. The van der Waals surface area contributed by atoms with E-state index in [2.05, 4.69) is 15.4 Å². The van der Waals surface area contributed by atoms with Crippen LogP contribution in [0.15, 0.2) is 53.5 Å². The van der Waals surface area contributed by atoms with Gasteiger partial charge in [-0.1, -0.05) is 41.4 Å². The second-order valence-electron chi connectivity index (χ2n) is 5.62. The standard InChI is InChI=1S/C18H14ClFN4O2/c1-11-2-4-12(5-3-11)16-9-21-24(18(26)23-16)10-17(25)22-13-6-7-15(20)14(19)8-13/h2-9H,10H2,1H3,(H,22,25). The predicted molar refractivity (Wildman–Crippen MR) is 96.5 cm³/mol. The van der Waals surface area contributed by atoms with E-state index in [4.69, 9.17) is 11.6 Å². The summed E-state index contributed by atoms with van der Waals surface area (Å²) >= 11 is 5.66. The molecule has 1 amide bonds. The lowest BCUT2D eigenvalue weighted by Gasteiger charge is -2.07. The van der Waals surface area contributed by atoms with E-state index in [1.165, 1.54) is 18.3 Å². The molecule has 0 aliphatic carbocycles. The maximum absolute atomic E-state index is 13.1. The summed E-state index contributed by atoms with van der Waals surface area (Å²) < 4.78 is 14.1. The summed E-state index contributed by atoms with van der Waals surface area (Å²) in [5, 5.41) is 6.40. The molecule has 0 saturated carbocycles. The summed E-state index contributed by atoms with van der Waals surface area (Å²) in [6.45, 7) is 1.63. The van der Waals surface area contributed by atoms with E-state index in [-0.39, 0.29) is 11.6 Å². The van der Waals surface area contributed by atoms with Crippen molar-refractivity contribution in [1.29, 1.82) is 0 Å². The number of rotatable bonds is 4. The van der Waals surface area contributed by atoms with E-state index in [0.717, 1.165) is 21.9 Å². The Morgan fingerprint density at radius 3 is 2.62 bits per heavy atom. The first kappa shape index (κ1) is 17.8. The maximum atomic E-state index is 13.1. The molecule has 0 spiro atoms. The molecule has 2 aromatic carbocycles. The van der Waals surface area contributed by atoms with Crippen molar-refractivity contribution in [2.75, 3.05) is 5.32 Å². The van der Waals surface area contributed by atoms with Crippen molar-refractivity contribution in [2.45, 2.75) is 13.5 Å². The molecule has 0 aliphatic heterocycles. The smallest absolute Gasteiger partial charge is 0.324 e. The molecule has 6 nitrogen and oxygen atoms in total. The molecule has 26 heavy (non-hydrogen) atoms. The van der Waals surface area contributed by atoms with Crippen molar-refractivity contribution < 1.29 is 9.18 Å². The Hall–Kier alpha value is -3.06. The van der Waals surface area contributed by atoms with Crippen molar-refractivity contribution in [3.8, 4) is 11.3 Å². The summed E-state index contributed by atoms with van der Waals surface area (Å²) in [4.78, 5) is 28.1. The second kappa shape index (κ2) is 7.45. The Balaban J connectivity index is 1.73. The minimum Gasteiger partial charge on any atom is -0.324 e. The molecule has 0 saturated heterocycles. The summed E-state index contributed by atoms with van der Waals surface area (Å²) in [5.41, 5.74) is 1.95. The van der Waals surface area contributed by atoms with E-state index in [0.29, 0.717) is 11.4 Å². The number of nitrogens with zero attached hydrogens (tertiary/aromatic N) is 3. The van der Waals surface area contributed by atoms with Crippen LogP contribution in [0.2, 0.25) is 5.02 Å². The van der Waals surface area contributed by atoms with Gasteiger partial charge in [0.25, 0.3) is 0 Å².